The topological polar surface area (TPSA) is 54.2 Å². The smallest absolute Gasteiger partial charge is 0.191 e. The number of rotatable bonds is 6. The van der Waals surface area contributed by atoms with Crippen LogP contribution in [-0.4, -0.2) is 28.8 Å². The number of guanidine groups is 1. The summed E-state index contributed by atoms with van der Waals surface area (Å²) in [6.45, 7) is 8.69. The highest BCUT2D eigenvalue weighted by Gasteiger charge is 2.38. The first-order valence-corrected chi connectivity index (χ1v) is 9.62. The van der Waals surface area contributed by atoms with Gasteiger partial charge in [0.2, 0.25) is 0 Å². The van der Waals surface area contributed by atoms with Crippen molar-refractivity contribution >= 4 is 5.96 Å². The standard InChI is InChI=1S/C21H31N5/c1-5-22-20(23-14-19-16(2)25-26(4)17(19)3)24-15-21(12-9-13-21)18-10-7-6-8-11-18/h6-8,10-11H,5,9,12-15H2,1-4H3,(H2,22,23,24). The van der Waals surface area contributed by atoms with Gasteiger partial charge in [-0.05, 0) is 39.2 Å². The molecule has 5 nitrogen and oxygen atoms in total. The fourth-order valence-electron chi connectivity index (χ4n) is 3.76. The molecule has 0 unspecified atom stereocenters. The molecule has 3 rings (SSSR count). The van der Waals surface area contributed by atoms with Gasteiger partial charge >= 0.3 is 0 Å². The third-order valence-corrected chi connectivity index (χ3v) is 5.69. The summed E-state index contributed by atoms with van der Waals surface area (Å²) in [7, 11) is 1.99. The highest BCUT2D eigenvalue weighted by Crippen LogP contribution is 2.43. The fraction of sp³-hybridized carbons (Fsp3) is 0.524. The molecule has 0 atom stereocenters. The molecular weight excluding hydrogens is 322 g/mol. The fourth-order valence-corrected chi connectivity index (χ4v) is 3.76. The molecule has 26 heavy (non-hydrogen) atoms. The zero-order valence-corrected chi connectivity index (χ0v) is 16.5. The van der Waals surface area contributed by atoms with E-state index in [4.69, 9.17) is 4.99 Å². The lowest BCUT2D eigenvalue weighted by molar-refractivity contribution is 0.244. The van der Waals surface area contributed by atoms with E-state index in [-0.39, 0.29) is 5.41 Å². The van der Waals surface area contributed by atoms with Crippen LogP contribution in [-0.2, 0) is 19.0 Å². The Kier molecular flexibility index (Phi) is 5.64. The van der Waals surface area contributed by atoms with Crippen LogP contribution in [0, 0.1) is 13.8 Å². The minimum absolute atomic E-state index is 0.248. The van der Waals surface area contributed by atoms with E-state index in [9.17, 15) is 0 Å². The van der Waals surface area contributed by atoms with Gasteiger partial charge in [0, 0.05) is 36.8 Å². The average molecular weight is 354 g/mol. The van der Waals surface area contributed by atoms with Crippen molar-refractivity contribution in [1.82, 2.24) is 20.4 Å². The minimum Gasteiger partial charge on any atom is -0.357 e. The molecule has 0 amide bonds. The van der Waals surface area contributed by atoms with Crippen molar-refractivity contribution in [2.45, 2.75) is 52.0 Å². The van der Waals surface area contributed by atoms with Crippen LogP contribution >= 0.6 is 0 Å². The first kappa shape index (κ1) is 18.5. The van der Waals surface area contributed by atoms with Gasteiger partial charge in [0.15, 0.2) is 5.96 Å². The highest BCUT2D eigenvalue weighted by molar-refractivity contribution is 5.80. The van der Waals surface area contributed by atoms with Crippen LogP contribution in [0.15, 0.2) is 35.3 Å². The number of benzene rings is 1. The SMILES string of the molecule is CCNC(=NCc1c(C)nn(C)c1C)NCC1(c2ccccc2)CCC1. The second-order valence-electron chi connectivity index (χ2n) is 7.32. The van der Waals surface area contributed by atoms with E-state index >= 15 is 0 Å². The van der Waals surface area contributed by atoms with Crippen LogP contribution < -0.4 is 10.6 Å². The maximum Gasteiger partial charge on any atom is 0.191 e. The minimum atomic E-state index is 0.248. The Labute approximate surface area is 156 Å². The molecule has 1 aromatic carbocycles. The van der Waals surface area contributed by atoms with Crippen LogP contribution in [0.3, 0.4) is 0 Å². The van der Waals surface area contributed by atoms with Gasteiger partial charge in [0.1, 0.15) is 0 Å². The van der Waals surface area contributed by atoms with Crippen molar-refractivity contribution in [3.8, 4) is 0 Å². The molecule has 1 fully saturated rings. The lowest BCUT2D eigenvalue weighted by Gasteiger charge is -2.43. The number of aliphatic imine (C=N–C) groups is 1. The van der Waals surface area contributed by atoms with E-state index < -0.39 is 0 Å². The Morgan fingerprint density at radius 3 is 2.46 bits per heavy atom. The number of nitrogens with one attached hydrogen (secondary N) is 2. The normalized spacial score (nSPS) is 16.2. The van der Waals surface area contributed by atoms with E-state index in [0.29, 0.717) is 6.54 Å². The monoisotopic (exact) mass is 353 g/mol. The van der Waals surface area contributed by atoms with Gasteiger partial charge in [-0.3, -0.25) is 4.68 Å². The van der Waals surface area contributed by atoms with Crippen LogP contribution in [0.2, 0.25) is 0 Å². The molecule has 2 N–H and O–H groups in total. The molecule has 1 aliphatic rings. The van der Waals surface area contributed by atoms with E-state index in [0.717, 1.165) is 24.7 Å². The zero-order valence-electron chi connectivity index (χ0n) is 16.5. The van der Waals surface area contributed by atoms with Crippen LogP contribution in [0.4, 0.5) is 0 Å². The highest BCUT2D eigenvalue weighted by atomic mass is 15.3. The molecule has 0 radical (unpaired) electrons. The van der Waals surface area contributed by atoms with Gasteiger partial charge in [-0.15, -0.1) is 0 Å². The number of nitrogens with zero attached hydrogens (tertiary/aromatic N) is 3. The van der Waals surface area contributed by atoms with Crippen molar-refractivity contribution in [3.05, 3.63) is 52.8 Å². The quantitative estimate of drug-likeness (QED) is 0.619. The van der Waals surface area contributed by atoms with Crippen molar-refractivity contribution in [2.75, 3.05) is 13.1 Å². The summed E-state index contributed by atoms with van der Waals surface area (Å²) in [4.78, 5) is 4.81. The number of aromatic nitrogens is 2. The molecule has 1 aliphatic carbocycles. The van der Waals surface area contributed by atoms with Gasteiger partial charge in [-0.2, -0.15) is 5.10 Å². The third-order valence-electron chi connectivity index (χ3n) is 5.69. The van der Waals surface area contributed by atoms with Gasteiger partial charge in [0.05, 0.1) is 12.2 Å². The number of aryl methyl sites for hydroxylation is 2. The van der Waals surface area contributed by atoms with Gasteiger partial charge in [0.25, 0.3) is 0 Å². The summed E-state index contributed by atoms with van der Waals surface area (Å²) in [5.74, 6) is 0.886. The molecule has 2 aromatic rings. The second kappa shape index (κ2) is 7.94. The first-order valence-electron chi connectivity index (χ1n) is 9.62. The first-order chi connectivity index (χ1) is 12.6. The molecule has 0 saturated heterocycles. The van der Waals surface area contributed by atoms with Crippen molar-refractivity contribution in [1.29, 1.82) is 0 Å². The lowest BCUT2D eigenvalue weighted by atomic mass is 9.64. The summed E-state index contributed by atoms with van der Waals surface area (Å²) in [5, 5.41) is 11.5. The van der Waals surface area contributed by atoms with Crippen LogP contribution in [0.1, 0.15) is 48.7 Å². The van der Waals surface area contributed by atoms with Crippen molar-refractivity contribution < 1.29 is 0 Å². The van der Waals surface area contributed by atoms with E-state index in [1.165, 1.54) is 36.1 Å². The molecule has 1 heterocycles. The van der Waals surface area contributed by atoms with E-state index in [1.807, 2.05) is 11.7 Å². The van der Waals surface area contributed by atoms with Crippen molar-refractivity contribution in [2.24, 2.45) is 12.0 Å². The lowest BCUT2D eigenvalue weighted by Crippen LogP contribution is -2.48. The summed E-state index contributed by atoms with van der Waals surface area (Å²) in [6.07, 6.45) is 3.78. The summed E-state index contributed by atoms with van der Waals surface area (Å²) < 4.78 is 1.93. The summed E-state index contributed by atoms with van der Waals surface area (Å²) in [5.41, 5.74) is 5.14. The largest absolute Gasteiger partial charge is 0.357 e. The molecule has 140 valence electrons. The number of hydrogen-bond acceptors (Lipinski definition) is 2. The second-order valence-corrected chi connectivity index (χ2v) is 7.32. The number of hydrogen-bond donors (Lipinski definition) is 2. The summed E-state index contributed by atoms with van der Waals surface area (Å²) in [6, 6.07) is 10.9. The molecule has 1 saturated carbocycles. The zero-order chi connectivity index (χ0) is 18.6. The third kappa shape index (κ3) is 3.76. The van der Waals surface area contributed by atoms with Crippen molar-refractivity contribution in [3.63, 3.8) is 0 Å². The Balaban J connectivity index is 1.70. The molecule has 0 aliphatic heterocycles. The molecule has 5 heteroatoms. The maximum absolute atomic E-state index is 4.81. The van der Waals surface area contributed by atoms with Gasteiger partial charge in [-0.25, -0.2) is 4.99 Å². The van der Waals surface area contributed by atoms with Gasteiger partial charge in [-0.1, -0.05) is 36.8 Å². The van der Waals surface area contributed by atoms with Gasteiger partial charge < -0.3 is 10.6 Å². The molecule has 1 aromatic heterocycles. The maximum atomic E-state index is 4.81. The predicted molar refractivity (Wildman–Crippen MR) is 107 cm³/mol. The average Bonchev–Trinajstić information content (AvgIpc) is 2.85. The predicted octanol–water partition coefficient (Wildman–Crippen LogP) is 3.21. The van der Waals surface area contributed by atoms with Crippen LogP contribution in [0.5, 0.6) is 0 Å². The Morgan fingerprint density at radius 2 is 1.92 bits per heavy atom. The van der Waals surface area contributed by atoms with E-state index in [2.05, 4.69) is 66.8 Å². The molecular formula is C21H31N5. The summed E-state index contributed by atoms with van der Waals surface area (Å²) >= 11 is 0. The molecule has 0 spiro atoms. The van der Waals surface area contributed by atoms with E-state index in [1.54, 1.807) is 0 Å². The van der Waals surface area contributed by atoms with Crippen LogP contribution in [0.25, 0.3) is 0 Å². The molecule has 0 bridgehead atoms. The Bertz CT molecular complexity index is 756. The Hall–Kier alpha value is -2.30. The Morgan fingerprint density at radius 1 is 1.19 bits per heavy atom.